The van der Waals surface area contributed by atoms with Crippen molar-refractivity contribution in [2.45, 2.75) is 4.90 Å². The normalized spacial score (nSPS) is 15.8. The predicted molar refractivity (Wildman–Crippen MR) is 95.1 cm³/mol. The van der Waals surface area contributed by atoms with Crippen LogP contribution in [0.15, 0.2) is 45.8 Å². The number of hydrogen-bond acceptors (Lipinski definition) is 3. The molecule has 1 heterocycles. The van der Waals surface area contributed by atoms with Gasteiger partial charge >= 0.3 is 0 Å². The van der Waals surface area contributed by atoms with E-state index in [-0.39, 0.29) is 31.7 Å². The number of hydrogen-bond donors (Lipinski definition) is 0. The van der Waals surface area contributed by atoms with Crippen LogP contribution in [0.25, 0.3) is 0 Å². The maximum absolute atomic E-state index is 13.9. The second-order valence-corrected chi connectivity index (χ2v) is 8.66. The van der Waals surface area contributed by atoms with Crippen molar-refractivity contribution in [2.75, 3.05) is 26.2 Å². The van der Waals surface area contributed by atoms with Gasteiger partial charge in [-0.1, -0.05) is 0 Å². The molecule has 5 nitrogen and oxygen atoms in total. The molecule has 0 atom stereocenters. The fraction of sp³-hybridized carbons (Fsp3) is 0.235. The Bertz CT molecular complexity index is 993. The summed E-state index contributed by atoms with van der Waals surface area (Å²) in [5, 5.41) is 0. The average molecular weight is 463 g/mol. The Labute approximate surface area is 162 Å². The lowest BCUT2D eigenvalue weighted by atomic mass is 10.2. The van der Waals surface area contributed by atoms with Crippen LogP contribution in [0.4, 0.5) is 13.2 Å². The highest BCUT2D eigenvalue weighted by atomic mass is 79.9. The molecular weight excluding hydrogens is 449 g/mol. The molecule has 3 rings (SSSR count). The number of benzene rings is 2. The summed E-state index contributed by atoms with van der Waals surface area (Å²) in [6, 6.07) is 5.93. The second kappa shape index (κ2) is 7.61. The minimum Gasteiger partial charge on any atom is -0.336 e. The summed E-state index contributed by atoms with van der Waals surface area (Å²) in [6.45, 7) is -0.0934. The molecule has 0 bridgehead atoms. The first-order chi connectivity index (χ1) is 12.7. The van der Waals surface area contributed by atoms with E-state index in [1.807, 2.05) is 0 Å². The first-order valence-electron chi connectivity index (χ1n) is 7.89. The van der Waals surface area contributed by atoms with E-state index in [1.54, 1.807) is 0 Å². The minimum atomic E-state index is -4.23. The van der Waals surface area contributed by atoms with Crippen LogP contribution in [0.3, 0.4) is 0 Å². The van der Waals surface area contributed by atoms with Crippen molar-refractivity contribution < 1.29 is 26.4 Å². The molecule has 0 aromatic heterocycles. The number of amides is 1. The topological polar surface area (TPSA) is 57.7 Å². The number of halogens is 4. The summed E-state index contributed by atoms with van der Waals surface area (Å²) in [5.41, 5.74) is 0.127. The van der Waals surface area contributed by atoms with Crippen LogP contribution in [-0.4, -0.2) is 49.7 Å². The van der Waals surface area contributed by atoms with Crippen LogP contribution in [0.5, 0.6) is 0 Å². The third-order valence-electron chi connectivity index (χ3n) is 4.20. The molecule has 2 aromatic rings. The molecule has 1 aliphatic heterocycles. The minimum absolute atomic E-state index is 0.0396. The zero-order valence-electron chi connectivity index (χ0n) is 13.8. The van der Waals surface area contributed by atoms with Gasteiger partial charge in [-0.3, -0.25) is 4.79 Å². The van der Waals surface area contributed by atoms with Gasteiger partial charge in [-0.2, -0.15) is 4.31 Å². The summed E-state index contributed by atoms with van der Waals surface area (Å²) >= 11 is 3.19. The van der Waals surface area contributed by atoms with Crippen molar-refractivity contribution in [1.82, 2.24) is 9.21 Å². The first-order valence-corrected chi connectivity index (χ1v) is 10.1. The summed E-state index contributed by atoms with van der Waals surface area (Å²) in [7, 11) is -4.23. The molecule has 0 unspecified atom stereocenters. The van der Waals surface area contributed by atoms with Crippen molar-refractivity contribution in [3.63, 3.8) is 0 Å². The second-order valence-electron chi connectivity index (χ2n) is 5.90. The van der Waals surface area contributed by atoms with Crippen molar-refractivity contribution in [3.05, 3.63) is 63.9 Å². The van der Waals surface area contributed by atoms with Crippen LogP contribution in [0.1, 0.15) is 10.4 Å². The van der Waals surface area contributed by atoms with E-state index in [4.69, 9.17) is 0 Å². The molecule has 144 valence electrons. The van der Waals surface area contributed by atoms with Crippen LogP contribution in [-0.2, 0) is 10.0 Å². The highest BCUT2D eigenvalue weighted by Gasteiger charge is 2.32. The standard InChI is InChI=1S/C17H14BrF3N2O3S/c18-14-3-1-11(19)9-13(14)17(24)22-5-7-23(8-6-22)27(25,26)16-10-12(20)2-4-15(16)21/h1-4,9-10H,5-8H2. The Balaban J connectivity index is 1.76. The molecule has 0 spiro atoms. The van der Waals surface area contributed by atoms with Gasteiger partial charge < -0.3 is 4.90 Å². The molecule has 0 radical (unpaired) electrons. The Hall–Kier alpha value is -1.91. The van der Waals surface area contributed by atoms with E-state index in [2.05, 4.69) is 15.9 Å². The van der Waals surface area contributed by atoms with Crippen molar-refractivity contribution in [1.29, 1.82) is 0 Å². The summed E-state index contributed by atoms with van der Waals surface area (Å²) < 4.78 is 67.1. The molecule has 0 aliphatic carbocycles. The first kappa shape index (κ1) is 19.8. The van der Waals surface area contributed by atoms with Gasteiger partial charge in [-0.05, 0) is 52.3 Å². The van der Waals surface area contributed by atoms with Gasteiger partial charge in [0.1, 0.15) is 22.3 Å². The maximum atomic E-state index is 13.9. The Kier molecular flexibility index (Phi) is 5.59. The zero-order chi connectivity index (χ0) is 19.8. The van der Waals surface area contributed by atoms with E-state index in [9.17, 15) is 26.4 Å². The quantitative estimate of drug-likeness (QED) is 0.704. The van der Waals surface area contributed by atoms with Gasteiger partial charge in [0.2, 0.25) is 10.0 Å². The smallest absolute Gasteiger partial charge is 0.255 e. The molecule has 27 heavy (non-hydrogen) atoms. The van der Waals surface area contributed by atoms with Crippen LogP contribution in [0, 0.1) is 17.5 Å². The summed E-state index contributed by atoms with van der Waals surface area (Å²) in [4.78, 5) is 13.2. The number of carbonyl (C=O) groups excluding carboxylic acids is 1. The molecule has 0 saturated carbocycles. The zero-order valence-corrected chi connectivity index (χ0v) is 16.2. The lowest BCUT2D eigenvalue weighted by molar-refractivity contribution is 0.0696. The molecule has 0 N–H and O–H groups in total. The van der Waals surface area contributed by atoms with Crippen LogP contribution in [0.2, 0.25) is 0 Å². The molecular formula is C17H14BrF3N2O3S. The third-order valence-corrected chi connectivity index (χ3v) is 6.80. The van der Waals surface area contributed by atoms with Gasteiger partial charge in [0, 0.05) is 30.7 Å². The van der Waals surface area contributed by atoms with Crippen LogP contribution < -0.4 is 0 Å². The van der Waals surface area contributed by atoms with Crippen LogP contribution >= 0.6 is 15.9 Å². The lowest BCUT2D eigenvalue weighted by Gasteiger charge is -2.34. The highest BCUT2D eigenvalue weighted by molar-refractivity contribution is 9.10. The molecule has 2 aromatic carbocycles. The molecule has 1 fully saturated rings. The Morgan fingerprint density at radius 1 is 0.926 bits per heavy atom. The SMILES string of the molecule is O=C(c1cc(F)ccc1Br)N1CCN(S(=O)(=O)c2cc(F)ccc2F)CC1. The average Bonchev–Trinajstić information content (AvgIpc) is 2.65. The number of sulfonamides is 1. The number of nitrogens with zero attached hydrogens (tertiary/aromatic N) is 2. The number of carbonyl (C=O) groups is 1. The van der Waals surface area contributed by atoms with Crippen molar-refractivity contribution >= 4 is 31.9 Å². The molecule has 1 aliphatic rings. The lowest BCUT2D eigenvalue weighted by Crippen LogP contribution is -2.50. The van der Waals surface area contributed by atoms with E-state index >= 15 is 0 Å². The fourth-order valence-electron chi connectivity index (χ4n) is 2.78. The van der Waals surface area contributed by atoms with E-state index < -0.39 is 38.3 Å². The maximum Gasteiger partial charge on any atom is 0.255 e. The molecule has 10 heteroatoms. The Morgan fingerprint density at radius 3 is 2.19 bits per heavy atom. The molecule has 1 amide bonds. The number of piperazine rings is 1. The summed E-state index contributed by atoms with van der Waals surface area (Å²) in [5.74, 6) is -2.92. The van der Waals surface area contributed by atoms with Gasteiger partial charge in [-0.25, -0.2) is 21.6 Å². The predicted octanol–water partition coefficient (Wildman–Crippen LogP) is 3.01. The van der Waals surface area contributed by atoms with Gasteiger partial charge in [0.05, 0.1) is 5.56 Å². The van der Waals surface area contributed by atoms with E-state index in [0.29, 0.717) is 10.5 Å². The molecule has 1 saturated heterocycles. The summed E-state index contributed by atoms with van der Waals surface area (Å²) in [6.07, 6.45) is 0. The van der Waals surface area contributed by atoms with E-state index in [0.717, 1.165) is 22.5 Å². The fourth-order valence-corrected chi connectivity index (χ4v) is 4.69. The van der Waals surface area contributed by atoms with Gasteiger partial charge in [-0.15, -0.1) is 0 Å². The number of rotatable bonds is 3. The van der Waals surface area contributed by atoms with E-state index in [1.165, 1.54) is 17.0 Å². The van der Waals surface area contributed by atoms with Crippen molar-refractivity contribution in [3.8, 4) is 0 Å². The van der Waals surface area contributed by atoms with Gasteiger partial charge in [0.25, 0.3) is 5.91 Å². The Morgan fingerprint density at radius 2 is 1.52 bits per heavy atom. The monoisotopic (exact) mass is 462 g/mol. The van der Waals surface area contributed by atoms with Crippen molar-refractivity contribution in [2.24, 2.45) is 0 Å². The largest absolute Gasteiger partial charge is 0.336 e. The van der Waals surface area contributed by atoms with Gasteiger partial charge in [0.15, 0.2) is 0 Å². The highest BCUT2D eigenvalue weighted by Crippen LogP contribution is 2.24. The third kappa shape index (κ3) is 4.02.